The molecule has 0 saturated heterocycles. The first-order valence-corrected chi connectivity index (χ1v) is 9.59. The van der Waals surface area contributed by atoms with Gasteiger partial charge in [-0.15, -0.1) is 4.91 Å². The van der Waals surface area contributed by atoms with Crippen LogP contribution in [0.1, 0.15) is 19.5 Å². The molecule has 0 amide bonds. The summed E-state index contributed by atoms with van der Waals surface area (Å²) in [6, 6.07) is 7.71. The number of nitroso groups, excluding NO2 is 1. The number of rotatable bonds is 6. The Hall–Kier alpha value is -2.93. The average Bonchev–Trinajstić information content (AvgIpc) is 3.37. The number of halogens is 2. The topological polar surface area (TPSA) is 69.5 Å². The fourth-order valence-electron chi connectivity index (χ4n) is 3.28. The molecule has 0 spiro atoms. The van der Waals surface area contributed by atoms with Crippen molar-refractivity contribution >= 4 is 14.9 Å². The molecular formula is C19H19F2N6OP. The summed E-state index contributed by atoms with van der Waals surface area (Å²) in [5, 5.41) is 3.22. The second-order valence-corrected chi connectivity index (χ2v) is 7.94. The van der Waals surface area contributed by atoms with Gasteiger partial charge in [0.05, 0.1) is 24.8 Å². The first-order chi connectivity index (χ1) is 13.8. The fraction of sp³-hybridized carbons (Fsp3) is 0.263. The van der Waals surface area contributed by atoms with Crippen molar-refractivity contribution < 1.29 is 8.78 Å². The highest BCUT2D eigenvalue weighted by Gasteiger charge is 2.28. The van der Waals surface area contributed by atoms with Gasteiger partial charge < -0.3 is 4.57 Å². The summed E-state index contributed by atoms with van der Waals surface area (Å²) in [7, 11) is 2.12. The van der Waals surface area contributed by atoms with E-state index in [4.69, 9.17) is 0 Å². The highest BCUT2D eigenvalue weighted by Crippen LogP contribution is 2.30. The second kappa shape index (κ2) is 7.15. The molecule has 0 aliphatic rings. The lowest BCUT2D eigenvalue weighted by molar-refractivity contribution is 0.400. The Balaban J connectivity index is 1.99. The third-order valence-electron chi connectivity index (χ3n) is 4.72. The molecule has 3 aromatic heterocycles. The highest BCUT2D eigenvalue weighted by atomic mass is 31.0. The smallest absolute Gasteiger partial charge is 0.160 e. The van der Waals surface area contributed by atoms with Crippen LogP contribution in [0.5, 0.6) is 0 Å². The summed E-state index contributed by atoms with van der Waals surface area (Å²) < 4.78 is 32.4. The van der Waals surface area contributed by atoms with Crippen molar-refractivity contribution in [1.29, 1.82) is 0 Å². The normalized spacial score (nSPS) is 13.1. The van der Waals surface area contributed by atoms with Gasteiger partial charge in [0.2, 0.25) is 0 Å². The lowest BCUT2D eigenvalue weighted by Gasteiger charge is -2.18. The van der Waals surface area contributed by atoms with Gasteiger partial charge in [0.1, 0.15) is 23.0 Å². The summed E-state index contributed by atoms with van der Waals surface area (Å²) >= 11 is 0. The van der Waals surface area contributed by atoms with Crippen LogP contribution in [-0.4, -0.2) is 29.6 Å². The summed E-state index contributed by atoms with van der Waals surface area (Å²) in [5.41, 5.74) is 1.38. The van der Waals surface area contributed by atoms with Crippen LogP contribution in [-0.2, 0) is 12.1 Å². The zero-order chi connectivity index (χ0) is 20.8. The largest absolute Gasteiger partial charge is 0.312 e. The van der Waals surface area contributed by atoms with Gasteiger partial charge in [0, 0.05) is 17.8 Å². The molecule has 0 fully saturated rings. The summed E-state index contributed by atoms with van der Waals surface area (Å²) in [5.74, 6) is -0.981. The number of alkyl halides is 1. The van der Waals surface area contributed by atoms with E-state index in [0.29, 0.717) is 28.4 Å². The van der Waals surface area contributed by atoms with Crippen molar-refractivity contribution in [3.8, 4) is 17.1 Å². The van der Waals surface area contributed by atoms with Gasteiger partial charge in [-0.25, -0.2) is 27.9 Å². The Morgan fingerprint density at radius 1 is 1.21 bits per heavy atom. The van der Waals surface area contributed by atoms with Gasteiger partial charge in [0.25, 0.3) is 0 Å². The number of imidazole rings is 2. The van der Waals surface area contributed by atoms with E-state index in [1.54, 1.807) is 58.2 Å². The first kappa shape index (κ1) is 19.4. The fourth-order valence-corrected chi connectivity index (χ4v) is 3.51. The monoisotopic (exact) mass is 416 g/mol. The molecule has 0 bridgehead atoms. The van der Waals surface area contributed by atoms with E-state index >= 15 is 0 Å². The number of aromatic nitrogens is 5. The SMILES string of the molecule is CC(C)(N=O)c1cnc2ccn(-c3c(-c4ccc(F)cc4)ncn3CC(F)P)n12. The van der Waals surface area contributed by atoms with Crippen LogP contribution in [0.3, 0.4) is 0 Å². The number of fused-ring (bicyclic) bond motifs is 1. The molecule has 0 saturated carbocycles. The Morgan fingerprint density at radius 3 is 2.59 bits per heavy atom. The molecule has 7 nitrogen and oxygen atoms in total. The lowest BCUT2D eigenvalue weighted by atomic mass is 10.0. The van der Waals surface area contributed by atoms with E-state index in [9.17, 15) is 13.7 Å². The Labute approximate surface area is 167 Å². The summed E-state index contributed by atoms with van der Waals surface area (Å²) in [4.78, 5) is 20.2. The summed E-state index contributed by atoms with van der Waals surface area (Å²) in [6.07, 6.45) is 4.90. The van der Waals surface area contributed by atoms with Crippen LogP contribution in [0.25, 0.3) is 22.7 Å². The maximum atomic E-state index is 13.8. The number of hydrogen-bond acceptors (Lipinski definition) is 4. The third kappa shape index (κ3) is 3.35. The standard InChI is InChI=1S/C19H19F2N6OP/c1-19(2,24-28)14-9-22-16-7-8-26(27(14)16)18-17(12-3-5-13(20)6-4-12)23-11-25(18)10-15(21)29/h3-9,11,15H,10,29H2,1-2H3. The van der Waals surface area contributed by atoms with Crippen molar-refractivity contribution in [3.63, 3.8) is 0 Å². The van der Waals surface area contributed by atoms with Crippen LogP contribution in [0.15, 0.2) is 54.2 Å². The molecule has 0 aliphatic carbocycles. The van der Waals surface area contributed by atoms with Gasteiger partial charge in [-0.3, -0.25) is 0 Å². The molecule has 4 aromatic rings. The van der Waals surface area contributed by atoms with Crippen molar-refractivity contribution in [2.45, 2.75) is 31.8 Å². The molecule has 150 valence electrons. The molecule has 3 heterocycles. The van der Waals surface area contributed by atoms with E-state index in [0.717, 1.165) is 0 Å². The minimum Gasteiger partial charge on any atom is -0.312 e. The van der Waals surface area contributed by atoms with Gasteiger partial charge >= 0.3 is 0 Å². The van der Waals surface area contributed by atoms with Crippen LogP contribution in [0.2, 0.25) is 0 Å². The minimum absolute atomic E-state index is 0.0488. The van der Waals surface area contributed by atoms with E-state index in [1.807, 2.05) is 0 Å². The zero-order valence-electron chi connectivity index (χ0n) is 15.8. The molecule has 0 N–H and O–H groups in total. The van der Waals surface area contributed by atoms with Gasteiger partial charge in [-0.2, -0.15) is 0 Å². The maximum Gasteiger partial charge on any atom is 0.160 e. The van der Waals surface area contributed by atoms with Crippen LogP contribution in [0.4, 0.5) is 8.78 Å². The van der Waals surface area contributed by atoms with Crippen LogP contribution >= 0.6 is 9.24 Å². The number of nitrogens with zero attached hydrogens (tertiary/aromatic N) is 6. The highest BCUT2D eigenvalue weighted by molar-refractivity contribution is 7.17. The van der Waals surface area contributed by atoms with Crippen molar-refractivity contribution in [3.05, 3.63) is 65.5 Å². The van der Waals surface area contributed by atoms with Gasteiger partial charge in [0.15, 0.2) is 11.5 Å². The number of hydrogen-bond donors (Lipinski definition) is 0. The van der Waals surface area contributed by atoms with E-state index in [2.05, 4.69) is 24.4 Å². The van der Waals surface area contributed by atoms with Crippen LogP contribution < -0.4 is 0 Å². The molecular weight excluding hydrogens is 397 g/mol. The Kier molecular flexibility index (Phi) is 4.78. The molecule has 2 atom stereocenters. The van der Waals surface area contributed by atoms with Gasteiger partial charge in [-0.05, 0) is 38.1 Å². The third-order valence-corrected chi connectivity index (χ3v) is 4.93. The molecule has 2 unspecified atom stereocenters. The molecule has 10 heteroatoms. The second-order valence-electron chi connectivity index (χ2n) is 7.22. The lowest BCUT2D eigenvalue weighted by Crippen LogP contribution is -2.20. The summed E-state index contributed by atoms with van der Waals surface area (Å²) in [6.45, 7) is 3.44. The average molecular weight is 416 g/mol. The maximum absolute atomic E-state index is 13.8. The molecule has 0 aliphatic heterocycles. The van der Waals surface area contributed by atoms with Crippen molar-refractivity contribution in [2.24, 2.45) is 5.18 Å². The molecule has 0 radical (unpaired) electrons. The van der Waals surface area contributed by atoms with E-state index in [1.165, 1.54) is 18.5 Å². The first-order valence-electron chi connectivity index (χ1n) is 8.93. The van der Waals surface area contributed by atoms with Crippen molar-refractivity contribution in [2.75, 3.05) is 0 Å². The predicted octanol–water partition coefficient (Wildman–Crippen LogP) is 4.30. The van der Waals surface area contributed by atoms with E-state index in [-0.39, 0.29) is 12.4 Å². The van der Waals surface area contributed by atoms with Gasteiger partial charge in [-0.1, -0.05) is 14.4 Å². The molecule has 4 rings (SSSR count). The Morgan fingerprint density at radius 2 is 1.93 bits per heavy atom. The van der Waals surface area contributed by atoms with Crippen molar-refractivity contribution in [1.82, 2.24) is 23.7 Å². The number of benzene rings is 1. The zero-order valence-corrected chi connectivity index (χ0v) is 17.0. The Bertz CT molecular complexity index is 1180. The minimum atomic E-state index is -1.19. The molecule has 29 heavy (non-hydrogen) atoms. The predicted molar refractivity (Wildman–Crippen MR) is 109 cm³/mol. The molecule has 1 aromatic carbocycles. The van der Waals surface area contributed by atoms with Crippen LogP contribution in [0, 0.1) is 10.7 Å². The van der Waals surface area contributed by atoms with E-state index < -0.39 is 11.5 Å². The quantitative estimate of drug-likeness (QED) is 0.348.